The highest BCUT2D eigenvalue weighted by Crippen LogP contribution is 2.25. The number of para-hydroxylation sites is 1. The number of aryl methyl sites for hydroxylation is 1. The number of rotatable bonds is 8. The van der Waals surface area contributed by atoms with Crippen molar-refractivity contribution in [2.75, 3.05) is 11.1 Å². The van der Waals surface area contributed by atoms with Gasteiger partial charge in [0.1, 0.15) is 0 Å². The summed E-state index contributed by atoms with van der Waals surface area (Å²) in [7, 11) is 0. The van der Waals surface area contributed by atoms with E-state index in [4.69, 9.17) is 11.6 Å². The molecule has 0 fully saturated rings. The first-order valence-electron chi connectivity index (χ1n) is 10.6. The van der Waals surface area contributed by atoms with Crippen molar-refractivity contribution in [1.29, 1.82) is 0 Å². The van der Waals surface area contributed by atoms with Crippen molar-refractivity contribution in [2.45, 2.75) is 44.8 Å². The van der Waals surface area contributed by atoms with Gasteiger partial charge in [-0.15, -0.1) is 10.2 Å². The Morgan fingerprint density at radius 1 is 1.12 bits per heavy atom. The van der Waals surface area contributed by atoms with Crippen LogP contribution in [-0.2, 0) is 11.3 Å². The van der Waals surface area contributed by atoms with E-state index in [1.165, 1.54) is 11.8 Å². The van der Waals surface area contributed by atoms with Crippen LogP contribution >= 0.6 is 23.4 Å². The van der Waals surface area contributed by atoms with Crippen LogP contribution in [-0.4, -0.2) is 30.8 Å². The van der Waals surface area contributed by atoms with E-state index in [-0.39, 0.29) is 17.2 Å². The van der Waals surface area contributed by atoms with Gasteiger partial charge in [0.15, 0.2) is 5.16 Å². The highest BCUT2D eigenvalue weighted by Gasteiger charge is 2.17. The average molecular weight is 470 g/mol. The molecule has 1 N–H and O–H groups in total. The van der Waals surface area contributed by atoms with Crippen LogP contribution in [0.15, 0.2) is 52.4 Å². The lowest BCUT2D eigenvalue weighted by molar-refractivity contribution is -0.113. The zero-order valence-electron chi connectivity index (χ0n) is 18.0. The number of unbranched alkanes of at least 4 members (excludes halogenated alkanes) is 2. The van der Waals surface area contributed by atoms with Crippen LogP contribution in [0.1, 0.15) is 31.7 Å². The fourth-order valence-corrected chi connectivity index (χ4v) is 4.52. The molecule has 4 aromatic rings. The van der Waals surface area contributed by atoms with Crippen molar-refractivity contribution >= 4 is 51.6 Å². The molecule has 7 nitrogen and oxygen atoms in total. The molecule has 0 radical (unpaired) electrons. The van der Waals surface area contributed by atoms with Crippen molar-refractivity contribution in [3.05, 3.63) is 63.4 Å². The van der Waals surface area contributed by atoms with Gasteiger partial charge in [0.2, 0.25) is 11.7 Å². The van der Waals surface area contributed by atoms with Crippen molar-refractivity contribution in [2.24, 2.45) is 0 Å². The second-order valence-corrected chi connectivity index (χ2v) is 8.90. The van der Waals surface area contributed by atoms with Crippen LogP contribution in [0.4, 0.5) is 5.69 Å². The number of fused-ring (bicyclic) bond motifs is 3. The minimum Gasteiger partial charge on any atom is -0.325 e. The van der Waals surface area contributed by atoms with Crippen molar-refractivity contribution in [3.63, 3.8) is 0 Å². The first kappa shape index (κ1) is 22.4. The van der Waals surface area contributed by atoms with Crippen LogP contribution < -0.4 is 10.9 Å². The van der Waals surface area contributed by atoms with E-state index in [1.807, 2.05) is 41.7 Å². The Hall–Kier alpha value is -2.84. The molecule has 0 saturated carbocycles. The molecular formula is C23H24ClN5O2S. The number of benzene rings is 2. The molecule has 2 heterocycles. The van der Waals surface area contributed by atoms with E-state index in [2.05, 4.69) is 22.4 Å². The SMILES string of the molecule is CCCCCn1c(=O)c2ccccc2n2c(SCC(=O)Nc3cccc(Cl)c3C)nnc12. The molecule has 0 aliphatic heterocycles. The number of carbonyl (C=O) groups is 1. The number of thioether (sulfide) groups is 1. The molecule has 9 heteroatoms. The molecule has 166 valence electrons. The lowest BCUT2D eigenvalue weighted by atomic mass is 10.2. The van der Waals surface area contributed by atoms with Gasteiger partial charge in [-0.1, -0.05) is 61.3 Å². The van der Waals surface area contributed by atoms with Gasteiger partial charge in [0.25, 0.3) is 5.56 Å². The summed E-state index contributed by atoms with van der Waals surface area (Å²) in [5.41, 5.74) is 2.17. The van der Waals surface area contributed by atoms with Crippen molar-refractivity contribution in [3.8, 4) is 0 Å². The molecule has 0 unspecified atom stereocenters. The maximum Gasteiger partial charge on any atom is 0.262 e. The van der Waals surface area contributed by atoms with Crippen LogP contribution in [0, 0.1) is 6.92 Å². The number of nitrogens with one attached hydrogen (secondary N) is 1. The minimum absolute atomic E-state index is 0.0673. The summed E-state index contributed by atoms with van der Waals surface area (Å²) in [4.78, 5) is 25.7. The van der Waals surface area contributed by atoms with E-state index in [0.29, 0.717) is 33.6 Å². The lowest BCUT2D eigenvalue weighted by Crippen LogP contribution is -2.23. The molecule has 0 aliphatic carbocycles. The normalized spacial score (nSPS) is 11.3. The molecular weight excluding hydrogens is 446 g/mol. The van der Waals surface area contributed by atoms with Crippen LogP contribution in [0.5, 0.6) is 0 Å². The van der Waals surface area contributed by atoms with Gasteiger partial charge in [0.05, 0.1) is 16.7 Å². The quantitative estimate of drug-likeness (QED) is 0.292. The zero-order chi connectivity index (χ0) is 22.7. The number of anilines is 1. The largest absolute Gasteiger partial charge is 0.325 e. The lowest BCUT2D eigenvalue weighted by Gasteiger charge is -2.11. The number of hydrogen-bond donors (Lipinski definition) is 1. The van der Waals surface area contributed by atoms with Gasteiger partial charge in [-0.05, 0) is 43.2 Å². The Bertz CT molecular complexity index is 1350. The summed E-state index contributed by atoms with van der Waals surface area (Å²) in [6.45, 7) is 4.57. The summed E-state index contributed by atoms with van der Waals surface area (Å²) < 4.78 is 3.55. The smallest absolute Gasteiger partial charge is 0.262 e. The first-order chi connectivity index (χ1) is 15.5. The predicted molar refractivity (Wildman–Crippen MR) is 130 cm³/mol. The van der Waals surface area contributed by atoms with Crippen molar-refractivity contribution in [1.82, 2.24) is 19.2 Å². The fraction of sp³-hybridized carbons (Fsp3) is 0.304. The van der Waals surface area contributed by atoms with Gasteiger partial charge >= 0.3 is 0 Å². The van der Waals surface area contributed by atoms with Crippen LogP contribution in [0.3, 0.4) is 0 Å². The summed E-state index contributed by atoms with van der Waals surface area (Å²) in [6.07, 6.45) is 2.99. The summed E-state index contributed by atoms with van der Waals surface area (Å²) in [5.74, 6) is 0.479. The Labute approximate surface area is 194 Å². The highest BCUT2D eigenvalue weighted by atomic mass is 35.5. The summed E-state index contributed by atoms with van der Waals surface area (Å²) in [6, 6.07) is 12.8. The zero-order valence-corrected chi connectivity index (χ0v) is 19.5. The number of aromatic nitrogens is 4. The third-order valence-electron chi connectivity index (χ3n) is 5.34. The summed E-state index contributed by atoms with van der Waals surface area (Å²) >= 11 is 7.42. The Balaban J connectivity index is 1.64. The van der Waals surface area contributed by atoms with E-state index < -0.39 is 0 Å². The number of hydrogen-bond acceptors (Lipinski definition) is 5. The monoisotopic (exact) mass is 469 g/mol. The maximum atomic E-state index is 13.1. The Kier molecular flexibility index (Phi) is 6.81. The van der Waals surface area contributed by atoms with E-state index in [1.54, 1.807) is 16.7 Å². The maximum absolute atomic E-state index is 13.1. The number of carbonyl (C=O) groups excluding carboxylic acids is 1. The third-order valence-corrected chi connectivity index (χ3v) is 6.68. The molecule has 0 spiro atoms. The fourth-order valence-electron chi connectivity index (χ4n) is 3.61. The van der Waals surface area contributed by atoms with Gasteiger partial charge in [-0.3, -0.25) is 18.6 Å². The first-order valence-corrected chi connectivity index (χ1v) is 11.9. The van der Waals surface area contributed by atoms with E-state index in [0.717, 1.165) is 30.3 Å². The highest BCUT2D eigenvalue weighted by molar-refractivity contribution is 7.99. The van der Waals surface area contributed by atoms with Crippen LogP contribution in [0.25, 0.3) is 16.7 Å². The second-order valence-electron chi connectivity index (χ2n) is 7.55. The second kappa shape index (κ2) is 9.75. The molecule has 4 rings (SSSR count). The van der Waals surface area contributed by atoms with Gasteiger partial charge < -0.3 is 5.32 Å². The molecule has 2 aromatic carbocycles. The van der Waals surface area contributed by atoms with Gasteiger partial charge in [0, 0.05) is 17.3 Å². The third kappa shape index (κ3) is 4.38. The predicted octanol–water partition coefficient (Wildman–Crippen LogP) is 4.93. The molecule has 1 amide bonds. The summed E-state index contributed by atoms with van der Waals surface area (Å²) in [5, 5.41) is 13.3. The molecule has 0 aliphatic rings. The average Bonchev–Trinajstić information content (AvgIpc) is 3.22. The topological polar surface area (TPSA) is 81.3 Å². The van der Waals surface area contributed by atoms with Crippen molar-refractivity contribution < 1.29 is 4.79 Å². The number of nitrogens with zero attached hydrogens (tertiary/aromatic N) is 4. The molecule has 0 saturated heterocycles. The molecule has 0 atom stereocenters. The van der Waals surface area contributed by atoms with Gasteiger partial charge in [-0.25, -0.2) is 0 Å². The van der Waals surface area contributed by atoms with E-state index in [9.17, 15) is 9.59 Å². The minimum atomic E-state index is -0.169. The van der Waals surface area contributed by atoms with Crippen LogP contribution in [0.2, 0.25) is 5.02 Å². The van der Waals surface area contributed by atoms with Gasteiger partial charge in [-0.2, -0.15) is 0 Å². The molecule has 2 aromatic heterocycles. The van der Waals surface area contributed by atoms with E-state index >= 15 is 0 Å². The molecule has 32 heavy (non-hydrogen) atoms. The molecule has 0 bridgehead atoms. The number of halogens is 1. The standard InChI is InChI=1S/C23H24ClN5O2S/c1-3-4-7-13-28-21(31)16-9-5-6-12-19(16)29-22(28)26-27-23(29)32-14-20(30)25-18-11-8-10-17(24)15(18)2/h5-6,8-12H,3-4,7,13-14H2,1-2H3,(H,25,30). The Morgan fingerprint density at radius 2 is 1.94 bits per heavy atom. The Morgan fingerprint density at radius 3 is 2.75 bits per heavy atom. The number of amides is 1.